The van der Waals surface area contributed by atoms with Crippen LogP contribution in [0.5, 0.6) is 0 Å². The van der Waals surface area contributed by atoms with Crippen molar-refractivity contribution in [2.24, 2.45) is 0 Å². The van der Waals surface area contributed by atoms with Gasteiger partial charge in [0.25, 0.3) is 0 Å². The van der Waals surface area contributed by atoms with Gasteiger partial charge in [0.15, 0.2) is 0 Å². The minimum absolute atomic E-state index is 0.233. The summed E-state index contributed by atoms with van der Waals surface area (Å²) < 4.78 is 2.33. The van der Waals surface area contributed by atoms with Gasteiger partial charge in [-0.15, -0.1) is 0 Å². The third-order valence-corrected chi connectivity index (χ3v) is 8.93. The van der Waals surface area contributed by atoms with E-state index >= 15 is 0 Å². The van der Waals surface area contributed by atoms with Gasteiger partial charge in [-0.2, -0.15) is 0 Å². The van der Waals surface area contributed by atoms with E-state index in [-0.39, 0.29) is 5.16 Å². The van der Waals surface area contributed by atoms with Gasteiger partial charge in [-0.05, 0) is 34.1 Å². The van der Waals surface area contributed by atoms with Crippen molar-refractivity contribution in [3.63, 3.8) is 0 Å². The number of hydrogen-bond acceptors (Lipinski definition) is 1. The Morgan fingerprint density at radius 2 is 1.23 bits per heavy atom. The van der Waals surface area contributed by atoms with Crippen LogP contribution in [0.15, 0.2) is 97.6 Å². The molecule has 0 bridgehead atoms. The summed E-state index contributed by atoms with van der Waals surface area (Å²) in [6.45, 7) is 9.01. The van der Waals surface area contributed by atoms with E-state index in [0.29, 0.717) is 11.8 Å². The van der Waals surface area contributed by atoms with E-state index in [0.717, 1.165) is 0 Å². The third-order valence-electron chi connectivity index (χ3n) is 6.36. The van der Waals surface area contributed by atoms with Gasteiger partial charge in [-0.25, -0.2) is 4.98 Å². The standard InChI is InChI=1S/C28H32N2Si/c1-21(2)23-10-14-25(15-11-23)28(30-19-18-29-20-30,31-27-8-6-5-7-9-27)26-16-12-24(13-17-26)22(3)4/h5-22H,31H2,1-4H3. The molecular weight excluding hydrogens is 392 g/mol. The second kappa shape index (κ2) is 9.07. The fraction of sp³-hybridized carbons (Fsp3) is 0.250. The van der Waals surface area contributed by atoms with E-state index in [9.17, 15) is 0 Å². The lowest BCUT2D eigenvalue weighted by atomic mass is 9.92. The SMILES string of the molecule is CC(C)c1ccc(C([SiH2]c2ccccc2)(c2ccc(C(C)C)cc2)n2ccnc2)cc1. The van der Waals surface area contributed by atoms with Gasteiger partial charge in [0.2, 0.25) is 0 Å². The van der Waals surface area contributed by atoms with Crippen LogP contribution in [0.25, 0.3) is 0 Å². The topological polar surface area (TPSA) is 17.8 Å². The normalized spacial score (nSPS) is 12.3. The zero-order valence-electron chi connectivity index (χ0n) is 19.0. The molecule has 4 rings (SSSR count). The Morgan fingerprint density at radius 3 is 1.65 bits per heavy atom. The minimum Gasteiger partial charge on any atom is -0.326 e. The smallest absolute Gasteiger partial charge is 0.0965 e. The third kappa shape index (κ3) is 4.28. The predicted octanol–water partition coefficient (Wildman–Crippen LogP) is 5.37. The molecule has 0 spiro atoms. The van der Waals surface area contributed by atoms with Gasteiger partial charge in [0, 0.05) is 12.4 Å². The van der Waals surface area contributed by atoms with Crippen molar-refractivity contribution < 1.29 is 0 Å². The summed E-state index contributed by atoms with van der Waals surface area (Å²) in [5.41, 5.74) is 5.42. The highest BCUT2D eigenvalue weighted by molar-refractivity contribution is 6.57. The van der Waals surface area contributed by atoms with Gasteiger partial charge in [-0.3, -0.25) is 0 Å². The summed E-state index contributed by atoms with van der Waals surface area (Å²) in [4.78, 5) is 4.46. The van der Waals surface area contributed by atoms with Gasteiger partial charge < -0.3 is 4.57 Å². The molecule has 158 valence electrons. The van der Waals surface area contributed by atoms with Crippen LogP contribution in [0.3, 0.4) is 0 Å². The van der Waals surface area contributed by atoms with Gasteiger partial charge in [-0.1, -0.05) is 112 Å². The maximum absolute atomic E-state index is 4.46. The van der Waals surface area contributed by atoms with E-state index in [1.165, 1.54) is 27.4 Å². The lowest BCUT2D eigenvalue weighted by Gasteiger charge is -2.37. The Morgan fingerprint density at radius 1 is 0.710 bits per heavy atom. The number of aromatic nitrogens is 2. The molecule has 3 aromatic carbocycles. The molecule has 0 unspecified atom stereocenters. The summed E-state index contributed by atoms with van der Waals surface area (Å²) in [5, 5.41) is 1.21. The monoisotopic (exact) mass is 424 g/mol. The molecule has 2 nitrogen and oxygen atoms in total. The van der Waals surface area contributed by atoms with Crippen molar-refractivity contribution in [1.82, 2.24) is 9.55 Å². The zero-order chi connectivity index (χ0) is 21.8. The first-order chi connectivity index (χ1) is 15.0. The number of benzene rings is 3. The first-order valence-corrected chi connectivity index (χ1v) is 12.7. The van der Waals surface area contributed by atoms with Gasteiger partial charge >= 0.3 is 0 Å². The highest BCUT2D eigenvalue weighted by Crippen LogP contribution is 2.35. The van der Waals surface area contributed by atoms with Crippen molar-refractivity contribution >= 4 is 14.7 Å². The molecule has 0 aliphatic carbocycles. The van der Waals surface area contributed by atoms with E-state index in [4.69, 9.17) is 0 Å². The summed E-state index contributed by atoms with van der Waals surface area (Å²) >= 11 is 0. The van der Waals surface area contributed by atoms with E-state index < -0.39 is 9.52 Å². The Balaban J connectivity index is 1.94. The van der Waals surface area contributed by atoms with Crippen molar-refractivity contribution in [1.29, 1.82) is 0 Å². The lowest BCUT2D eigenvalue weighted by molar-refractivity contribution is 0.595. The molecule has 0 saturated carbocycles. The van der Waals surface area contributed by atoms with Gasteiger partial charge in [0.1, 0.15) is 0 Å². The minimum atomic E-state index is -0.810. The molecule has 0 aliphatic rings. The number of imidazole rings is 1. The Bertz CT molecular complexity index is 1030. The fourth-order valence-electron chi connectivity index (χ4n) is 4.42. The van der Waals surface area contributed by atoms with E-state index in [1.807, 2.05) is 12.5 Å². The highest BCUT2D eigenvalue weighted by atomic mass is 28.2. The molecule has 1 heterocycles. The van der Waals surface area contributed by atoms with Crippen molar-refractivity contribution in [2.75, 3.05) is 0 Å². The first kappa shape index (κ1) is 21.3. The van der Waals surface area contributed by atoms with E-state index in [2.05, 4.69) is 122 Å². The quantitative estimate of drug-likeness (QED) is 0.365. The molecular formula is C28H32N2Si. The second-order valence-electron chi connectivity index (χ2n) is 9.05. The molecule has 0 amide bonds. The maximum atomic E-state index is 4.46. The van der Waals surface area contributed by atoms with Crippen LogP contribution in [0.4, 0.5) is 0 Å². The highest BCUT2D eigenvalue weighted by Gasteiger charge is 2.36. The lowest BCUT2D eigenvalue weighted by Crippen LogP contribution is -2.46. The predicted molar refractivity (Wildman–Crippen MR) is 134 cm³/mol. The molecule has 0 saturated heterocycles. The van der Waals surface area contributed by atoms with Crippen molar-refractivity contribution in [3.05, 3.63) is 120 Å². The molecule has 0 N–H and O–H groups in total. The second-order valence-corrected chi connectivity index (χ2v) is 11.2. The molecule has 1 aromatic heterocycles. The molecule has 4 aromatic rings. The van der Waals surface area contributed by atoms with Crippen LogP contribution in [0, 0.1) is 0 Å². The number of nitrogens with zero attached hydrogens (tertiary/aromatic N) is 2. The first-order valence-electron chi connectivity index (χ1n) is 11.2. The van der Waals surface area contributed by atoms with Gasteiger partial charge in [0.05, 0.1) is 21.0 Å². The summed E-state index contributed by atoms with van der Waals surface area (Å²) in [6, 6.07) is 29.5. The Kier molecular flexibility index (Phi) is 6.24. The van der Waals surface area contributed by atoms with Crippen LogP contribution in [0.1, 0.15) is 61.8 Å². The van der Waals surface area contributed by atoms with Crippen molar-refractivity contribution in [3.8, 4) is 0 Å². The Labute approximate surface area is 188 Å². The molecule has 0 atom stereocenters. The fourth-order valence-corrected chi connectivity index (χ4v) is 6.77. The largest absolute Gasteiger partial charge is 0.326 e. The molecule has 3 heteroatoms. The summed E-state index contributed by atoms with van der Waals surface area (Å²) in [6.07, 6.45) is 6.02. The number of rotatable bonds is 7. The summed E-state index contributed by atoms with van der Waals surface area (Å²) in [7, 11) is -0.810. The molecule has 0 aliphatic heterocycles. The van der Waals surface area contributed by atoms with Crippen LogP contribution in [-0.4, -0.2) is 19.1 Å². The van der Waals surface area contributed by atoms with Crippen LogP contribution >= 0.6 is 0 Å². The van der Waals surface area contributed by atoms with Crippen LogP contribution in [0.2, 0.25) is 0 Å². The maximum Gasteiger partial charge on any atom is 0.0965 e. The van der Waals surface area contributed by atoms with Crippen LogP contribution < -0.4 is 5.19 Å². The molecule has 0 radical (unpaired) electrons. The van der Waals surface area contributed by atoms with Crippen LogP contribution in [-0.2, 0) is 5.16 Å². The average Bonchev–Trinajstić information content (AvgIpc) is 3.34. The Hall–Kier alpha value is -2.91. The summed E-state index contributed by atoms with van der Waals surface area (Å²) in [5.74, 6) is 1.04. The zero-order valence-corrected chi connectivity index (χ0v) is 20.4. The van der Waals surface area contributed by atoms with E-state index in [1.54, 1.807) is 0 Å². The molecule has 31 heavy (non-hydrogen) atoms. The molecule has 0 fully saturated rings. The van der Waals surface area contributed by atoms with Crippen molar-refractivity contribution in [2.45, 2.75) is 44.7 Å². The number of hydrogen-bond donors (Lipinski definition) is 0. The average molecular weight is 425 g/mol.